The molecule has 0 radical (unpaired) electrons. The Kier molecular flexibility index (Phi) is 7.01. The van der Waals surface area contributed by atoms with Crippen LogP contribution in [0.25, 0.3) is 61.1 Å². The number of hydrogen-bond donors (Lipinski definition) is 0. The van der Waals surface area contributed by atoms with Gasteiger partial charge in [0, 0.05) is 11.8 Å². The molecule has 0 saturated heterocycles. The molecule has 0 saturated carbocycles. The molecule has 7 aromatic rings. The van der Waals surface area contributed by atoms with Crippen LogP contribution in [0.4, 0.5) is 0 Å². The Morgan fingerprint density at radius 2 is 1.25 bits per heavy atom. The normalized spacial score (nSPS) is 12.2. The first kappa shape index (κ1) is 28.3. The van der Waals surface area contributed by atoms with Crippen molar-refractivity contribution in [3.63, 3.8) is 0 Å². The molecule has 3 nitrogen and oxygen atoms in total. The van der Waals surface area contributed by atoms with E-state index in [2.05, 4.69) is 151 Å². The maximum absolute atomic E-state index is 4.86. The first-order valence-electron chi connectivity index (χ1n) is 15.3. The predicted molar refractivity (Wildman–Crippen MR) is 189 cm³/mol. The van der Waals surface area contributed by atoms with Gasteiger partial charge in [0.25, 0.3) is 0 Å². The summed E-state index contributed by atoms with van der Waals surface area (Å²) in [6.45, 7) is 4.81. The zero-order valence-electron chi connectivity index (χ0n) is 26.0. The van der Waals surface area contributed by atoms with Crippen LogP contribution < -0.4 is 0 Å². The molecule has 7 rings (SSSR count). The molecule has 4 aromatic carbocycles. The molecule has 0 aliphatic heterocycles. The number of para-hydroxylation sites is 1. The Hall–Kier alpha value is -4.48. The molecular weight excluding hydrogens is 595 g/mol. The summed E-state index contributed by atoms with van der Waals surface area (Å²) < 4.78 is 2.57. The first-order chi connectivity index (χ1) is 21.2. The second-order valence-corrected chi connectivity index (χ2v) is 25.3. The molecule has 0 amide bonds. The third-order valence-electron chi connectivity index (χ3n) is 9.60. The SMILES string of the molecule is C[C](C)(c1ccnc(-c2ccc3c4ccccc4n(-c4cccc(-c5ccc(-c6ccccc6)cn5)c4)c3c2)c1)[Ge]([CH3])([CH3])[CH3]. The molecule has 0 spiro atoms. The van der Waals surface area contributed by atoms with Gasteiger partial charge in [-0.3, -0.25) is 4.98 Å². The number of nitrogens with zero attached hydrogens (tertiary/aromatic N) is 3. The van der Waals surface area contributed by atoms with Crippen molar-refractivity contribution in [1.82, 2.24) is 14.5 Å². The third-order valence-corrected chi connectivity index (χ3v) is 18.1. The minimum atomic E-state index is -2.01. The van der Waals surface area contributed by atoms with Crippen LogP contribution in [0, 0.1) is 0 Å². The van der Waals surface area contributed by atoms with E-state index in [0.717, 1.165) is 33.8 Å². The van der Waals surface area contributed by atoms with E-state index < -0.39 is 13.3 Å². The third kappa shape index (κ3) is 4.95. The average Bonchev–Trinajstić information content (AvgIpc) is 3.38. The van der Waals surface area contributed by atoms with E-state index >= 15 is 0 Å². The average molecular weight is 632 g/mol. The molecule has 0 bridgehead atoms. The Morgan fingerprint density at radius 3 is 2.02 bits per heavy atom. The fourth-order valence-corrected chi connectivity index (χ4v) is 8.13. The van der Waals surface area contributed by atoms with Crippen molar-refractivity contribution >= 4 is 35.1 Å². The van der Waals surface area contributed by atoms with Crippen molar-refractivity contribution in [3.8, 4) is 39.3 Å². The van der Waals surface area contributed by atoms with Crippen LogP contribution in [0.5, 0.6) is 0 Å². The molecule has 0 aliphatic rings. The Morgan fingerprint density at radius 1 is 0.545 bits per heavy atom. The van der Waals surface area contributed by atoms with Gasteiger partial charge < -0.3 is 0 Å². The van der Waals surface area contributed by atoms with Crippen molar-refractivity contribution in [1.29, 1.82) is 0 Å². The van der Waals surface area contributed by atoms with Crippen molar-refractivity contribution in [2.24, 2.45) is 0 Å². The van der Waals surface area contributed by atoms with E-state index in [1.54, 1.807) is 0 Å². The Balaban J connectivity index is 1.34. The number of fused-ring (bicyclic) bond motifs is 3. The van der Waals surface area contributed by atoms with E-state index in [9.17, 15) is 0 Å². The second kappa shape index (κ2) is 10.9. The maximum atomic E-state index is 4.86. The summed E-state index contributed by atoms with van der Waals surface area (Å²) in [5, 5.41) is 2.48. The van der Waals surface area contributed by atoms with E-state index in [0.29, 0.717) is 0 Å². The molecular formula is C40H37GeN3. The number of pyridine rings is 2. The van der Waals surface area contributed by atoms with Gasteiger partial charge in [0.1, 0.15) is 0 Å². The number of aromatic nitrogens is 3. The zero-order valence-corrected chi connectivity index (χ0v) is 28.1. The summed E-state index contributed by atoms with van der Waals surface area (Å²) in [5.41, 5.74) is 11.4. The number of hydrogen-bond acceptors (Lipinski definition) is 2. The molecule has 4 heteroatoms. The van der Waals surface area contributed by atoms with Gasteiger partial charge in [-0.05, 0) is 11.6 Å². The van der Waals surface area contributed by atoms with Crippen molar-refractivity contribution in [2.45, 2.75) is 35.4 Å². The molecule has 0 aliphatic carbocycles. The van der Waals surface area contributed by atoms with Crippen molar-refractivity contribution in [2.75, 3.05) is 0 Å². The zero-order chi connectivity index (χ0) is 30.5. The fraction of sp³-hybridized carbons (Fsp3) is 0.150. The quantitative estimate of drug-likeness (QED) is 0.171. The molecule has 216 valence electrons. The summed E-state index contributed by atoms with van der Waals surface area (Å²) >= 11 is -2.01. The molecule has 44 heavy (non-hydrogen) atoms. The first-order valence-corrected chi connectivity index (χ1v) is 22.7. The summed E-state index contributed by atoms with van der Waals surface area (Å²) in [5.74, 6) is 7.48. The fourth-order valence-electron chi connectivity index (χ4n) is 5.99. The molecule has 0 N–H and O–H groups in total. The van der Waals surface area contributed by atoms with Gasteiger partial charge in [0.05, 0.1) is 0 Å². The molecule has 3 aromatic heterocycles. The summed E-state index contributed by atoms with van der Waals surface area (Å²) in [6, 6.07) is 43.4. The summed E-state index contributed by atoms with van der Waals surface area (Å²) in [7, 11) is 0. The van der Waals surface area contributed by atoms with Crippen LogP contribution in [0.1, 0.15) is 19.4 Å². The van der Waals surface area contributed by atoms with Gasteiger partial charge in [-0.2, -0.15) is 0 Å². The van der Waals surface area contributed by atoms with Crippen LogP contribution >= 0.6 is 0 Å². The van der Waals surface area contributed by atoms with Crippen LogP contribution in [0.15, 0.2) is 134 Å². The van der Waals surface area contributed by atoms with Gasteiger partial charge in [0.15, 0.2) is 0 Å². The van der Waals surface area contributed by atoms with Gasteiger partial charge in [-0.25, -0.2) is 0 Å². The van der Waals surface area contributed by atoms with E-state index in [-0.39, 0.29) is 4.25 Å². The monoisotopic (exact) mass is 633 g/mol. The molecule has 0 unspecified atom stereocenters. The van der Waals surface area contributed by atoms with Crippen LogP contribution in [-0.2, 0) is 4.25 Å². The minimum absolute atomic E-state index is 0.185. The van der Waals surface area contributed by atoms with E-state index in [4.69, 9.17) is 9.97 Å². The van der Waals surface area contributed by atoms with Gasteiger partial charge in [0.2, 0.25) is 0 Å². The van der Waals surface area contributed by atoms with Gasteiger partial charge in [-0.15, -0.1) is 0 Å². The van der Waals surface area contributed by atoms with Crippen molar-refractivity contribution < 1.29 is 0 Å². The summed E-state index contributed by atoms with van der Waals surface area (Å²) in [6.07, 6.45) is 3.95. The number of rotatable bonds is 6. The van der Waals surface area contributed by atoms with Gasteiger partial charge in [-0.1, -0.05) is 36.4 Å². The van der Waals surface area contributed by atoms with Crippen LogP contribution in [-0.4, -0.2) is 27.8 Å². The Labute approximate surface area is 262 Å². The van der Waals surface area contributed by atoms with Crippen molar-refractivity contribution in [3.05, 3.63) is 139 Å². The van der Waals surface area contributed by atoms with E-state index in [1.807, 2.05) is 18.5 Å². The van der Waals surface area contributed by atoms with Crippen LogP contribution in [0.2, 0.25) is 17.3 Å². The van der Waals surface area contributed by atoms with Gasteiger partial charge >= 0.3 is 199 Å². The standard InChI is InChI=1S/C40H37GeN3/c1-40(2,41(3,4)5)32-22-23-42-37(26-32)30-18-20-35-34-16-9-10-17-38(34)44(39(35)25-30)33-15-11-14-29(24-33)36-21-19-31(27-43-36)28-12-7-6-8-13-28/h6-27H,1-5H3. The molecule has 0 atom stereocenters. The van der Waals surface area contributed by atoms with Crippen LogP contribution in [0.3, 0.4) is 0 Å². The predicted octanol–water partition coefficient (Wildman–Crippen LogP) is 10.7. The Bertz CT molecular complexity index is 2120. The summed E-state index contributed by atoms with van der Waals surface area (Å²) in [4.78, 5) is 9.71. The molecule has 3 heterocycles. The number of benzene rings is 4. The topological polar surface area (TPSA) is 30.7 Å². The second-order valence-electron chi connectivity index (χ2n) is 13.2. The molecule has 0 fully saturated rings. The van der Waals surface area contributed by atoms with E-state index in [1.165, 1.54) is 32.9 Å².